The van der Waals surface area contributed by atoms with Crippen LogP contribution in [0.15, 0.2) is 24.3 Å². The summed E-state index contributed by atoms with van der Waals surface area (Å²) in [6, 6.07) is 4.40. The number of carboxylic acid groups (broad SMARTS) is 1. The van der Waals surface area contributed by atoms with Crippen molar-refractivity contribution in [1.82, 2.24) is 0 Å². The van der Waals surface area contributed by atoms with Gasteiger partial charge < -0.3 is 14.6 Å². The summed E-state index contributed by atoms with van der Waals surface area (Å²) < 4.78 is 24.6. The van der Waals surface area contributed by atoms with Gasteiger partial charge in [-0.25, -0.2) is 9.18 Å². The highest BCUT2D eigenvalue weighted by Crippen LogP contribution is 2.23. The maximum Gasteiger partial charge on any atom is 0.328 e. The molecule has 1 aromatic rings. The molecule has 2 rings (SSSR count). The van der Waals surface area contributed by atoms with Gasteiger partial charge in [0.15, 0.2) is 11.6 Å². The van der Waals surface area contributed by atoms with Crippen LogP contribution in [0.3, 0.4) is 0 Å². The highest BCUT2D eigenvalue weighted by atomic mass is 19.1. The summed E-state index contributed by atoms with van der Waals surface area (Å²) in [6.07, 6.45) is 3.78. The average molecular weight is 266 g/mol. The first kappa shape index (κ1) is 13.5. The van der Waals surface area contributed by atoms with Crippen molar-refractivity contribution in [1.29, 1.82) is 0 Å². The Morgan fingerprint density at radius 3 is 2.79 bits per heavy atom. The number of rotatable bonds is 4. The molecule has 1 heterocycles. The molecule has 1 aliphatic heterocycles. The van der Waals surface area contributed by atoms with Gasteiger partial charge in [0.25, 0.3) is 0 Å². The van der Waals surface area contributed by atoms with Crippen LogP contribution in [0.5, 0.6) is 5.75 Å². The number of carbonyl (C=O) groups is 1. The molecule has 1 saturated heterocycles. The molecule has 19 heavy (non-hydrogen) atoms. The predicted molar refractivity (Wildman–Crippen MR) is 67.5 cm³/mol. The van der Waals surface area contributed by atoms with Crippen molar-refractivity contribution in [2.75, 3.05) is 13.2 Å². The van der Waals surface area contributed by atoms with E-state index in [2.05, 4.69) is 0 Å². The fourth-order valence-corrected chi connectivity index (χ4v) is 1.86. The summed E-state index contributed by atoms with van der Waals surface area (Å²) in [5, 5.41) is 8.50. The maximum absolute atomic E-state index is 13.8. The number of halogens is 1. The summed E-state index contributed by atoms with van der Waals surface area (Å²) >= 11 is 0. The molecule has 0 radical (unpaired) electrons. The van der Waals surface area contributed by atoms with Gasteiger partial charge in [0.05, 0.1) is 13.2 Å². The third kappa shape index (κ3) is 4.06. The van der Waals surface area contributed by atoms with Gasteiger partial charge >= 0.3 is 5.97 Å². The lowest BCUT2D eigenvalue weighted by Gasteiger charge is -2.23. The third-order valence-corrected chi connectivity index (χ3v) is 2.84. The lowest BCUT2D eigenvalue weighted by Crippen LogP contribution is -2.26. The molecule has 0 amide bonds. The number of hydrogen-bond acceptors (Lipinski definition) is 3. The minimum Gasteiger partial charge on any atom is -0.487 e. The largest absolute Gasteiger partial charge is 0.487 e. The van der Waals surface area contributed by atoms with Gasteiger partial charge in [-0.1, -0.05) is 6.07 Å². The Bertz CT molecular complexity index is 478. The fraction of sp³-hybridized carbons (Fsp3) is 0.357. The zero-order valence-electron chi connectivity index (χ0n) is 10.3. The number of ether oxygens (including phenoxy) is 2. The summed E-state index contributed by atoms with van der Waals surface area (Å²) in [5.41, 5.74) is 0.485. The van der Waals surface area contributed by atoms with Crippen molar-refractivity contribution in [3.05, 3.63) is 35.7 Å². The maximum atomic E-state index is 13.8. The lowest BCUT2D eigenvalue weighted by atomic mass is 10.1. The summed E-state index contributed by atoms with van der Waals surface area (Å²) in [4.78, 5) is 10.4. The molecule has 0 atom stereocenters. The van der Waals surface area contributed by atoms with E-state index in [-0.39, 0.29) is 11.9 Å². The number of carboxylic acids is 1. The van der Waals surface area contributed by atoms with Crippen LogP contribution in [0.25, 0.3) is 6.08 Å². The van der Waals surface area contributed by atoms with Crippen LogP contribution < -0.4 is 4.74 Å². The monoisotopic (exact) mass is 266 g/mol. The average Bonchev–Trinajstić information content (AvgIpc) is 2.40. The van der Waals surface area contributed by atoms with E-state index in [9.17, 15) is 9.18 Å². The first-order chi connectivity index (χ1) is 9.15. The minimum absolute atomic E-state index is 0.0244. The van der Waals surface area contributed by atoms with E-state index >= 15 is 0 Å². The van der Waals surface area contributed by atoms with Crippen molar-refractivity contribution >= 4 is 12.0 Å². The van der Waals surface area contributed by atoms with E-state index in [1.54, 1.807) is 6.07 Å². The van der Waals surface area contributed by atoms with E-state index in [4.69, 9.17) is 14.6 Å². The molecule has 0 unspecified atom stereocenters. The van der Waals surface area contributed by atoms with E-state index in [1.165, 1.54) is 18.2 Å². The van der Waals surface area contributed by atoms with Crippen molar-refractivity contribution < 1.29 is 23.8 Å². The van der Waals surface area contributed by atoms with Crippen molar-refractivity contribution in [2.45, 2.75) is 18.9 Å². The minimum atomic E-state index is -1.07. The Balaban J connectivity index is 2.04. The molecule has 102 valence electrons. The van der Waals surface area contributed by atoms with E-state index in [0.29, 0.717) is 18.8 Å². The van der Waals surface area contributed by atoms with Gasteiger partial charge in [-0.3, -0.25) is 0 Å². The van der Waals surface area contributed by atoms with Crippen LogP contribution in [0.1, 0.15) is 18.4 Å². The van der Waals surface area contributed by atoms with Crippen LogP contribution in [0.4, 0.5) is 4.39 Å². The Kier molecular flexibility index (Phi) is 4.52. The summed E-state index contributed by atoms with van der Waals surface area (Å²) in [6.45, 7) is 1.26. The predicted octanol–water partition coefficient (Wildman–Crippen LogP) is 2.48. The zero-order valence-corrected chi connectivity index (χ0v) is 10.3. The van der Waals surface area contributed by atoms with Crippen LogP contribution >= 0.6 is 0 Å². The normalized spacial score (nSPS) is 16.7. The molecule has 1 fully saturated rings. The molecule has 4 nitrogen and oxygen atoms in total. The quantitative estimate of drug-likeness (QED) is 0.851. The first-order valence-corrected chi connectivity index (χ1v) is 6.10. The van der Waals surface area contributed by atoms with E-state index in [1.807, 2.05) is 0 Å². The Labute approximate surface area is 110 Å². The second-order valence-corrected chi connectivity index (χ2v) is 4.29. The molecule has 5 heteroatoms. The van der Waals surface area contributed by atoms with Crippen LogP contribution in [0.2, 0.25) is 0 Å². The topological polar surface area (TPSA) is 55.8 Å². The first-order valence-electron chi connectivity index (χ1n) is 6.10. The lowest BCUT2D eigenvalue weighted by molar-refractivity contribution is -0.131. The van der Waals surface area contributed by atoms with Crippen LogP contribution in [-0.2, 0) is 9.53 Å². The number of benzene rings is 1. The molecule has 0 bridgehead atoms. The highest BCUT2D eigenvalue weighted by Gasteiger charge is 2.16. The van der Waals surface area contributed by atoms with Crippen LogP contribution in [0, 0.1) is 5.82 Å². The Hall–Kier alpha value is -1.88. The van der Waals surface area contributed by atoms with Crippen LogP contribution in [-0.4, -0.2) is 30.4 Å². The standard InChI is InChI=1S/C14H15FO4/c15-12-9-10(2-4-14(16)17)1-3-13(12)19-11-5-7-18-8-6-11/h1-4,9,11H,5-8H2,(H,16,17)/b4-2+. The number of aliphatic carboxylic acids is 1. The smallest absolute Gasteiger partial charge is 0.328 e. The Morgan fingerprint density at radius 2 is 2.16 bits per heavy atom. The highest BCUT2D eigenvalue weighted by molar-refractivity contribution is 5.85. The SMILES string of the molecule is O=C(O)/C=C/c1ccc(OC2CCOCC2)c(F)c1. The van der Waals surface area contributed by atoms with Crippen molar-refractivity contribution in [2.24, 2.45) is 0 Å². The molecular formula is C14H15FO4. The van der Waals surface area contributed by atoms with Crippen molar-refractivity contribution in [3.8, 4) is 5.75 Å². The molecule has 1 aromatic carbocycles. The second kappa shape index (κ2) is 6.33. The molecule has 0 aliphatic carbocycles. The van der Waals surface area contributed by atoms with Crippen molar-refractivity contribution in [3.63, 3.8) is 0 Å². The van der Waals surface area contributed by atoms with E-state index in [0.717, 1.165) is 18.9 Å². The summed E-state index contributed by atoms with van der Waals surface area (Å²) in [5.74, 6) is -1.36. The van der Waals surface area contributed by atoms with Gasteiger partial charge in [-0.15, -0.1) is 0 Å². The van der Waals surface area contributed by atoms with Gasteiger partial charge in [-0.2, -0.15) is 0 Å². The molecule has 1 N–H and O–H groups in total. The van der Waals surface area contributed by atoms with Gasteiger partial charge in [0.1, 0.15) is 6.10 Å². The van der Waals surface area contributed by atoms with E-state index < -0.39 is 11.8 Å². The summed E-state index contributed by atoms with van der Waals surface area (Å²) in [7, 11) is 0. The molecule has 0 saturated carbocycles. The van der Waals surface area contributed by atoms with Gasteiger partial charge in [-0.05, 0) is 23.8 Å². The molecular weight excluding hydrogens is 251 g/mol. The number of hydrogen-bond donors (Lipinski definition) is 1. The molecule has 0 spiro atoms. The molecule has 0 aromatic heterocycles. The third-order valence-electron chi connectivity index (χ3n) is 2.84. The second-order valence-electron chi connectivity index (χ2n) is 4.29. The van der Waals surface area contributed by atoms with Gasteiger partial charge in [0, 0.05) is 18.9 Å². The zero-order chi connectivity index (χ0) is 13.7. The fourth-order valence-electron chi connectivity index (χ4n) is 1.86. The molecule has 1 aliphatic rings. The van der Waals surface area contributed by atoms with Gasteiger partial charge in [0.2, 0.25) is 0 Å². The Morgan fingerprint density at radius 1 is 1.42 bits per heavy atom.